The molecule has 1 aliphatic rings. The predicted octanol–water partition coefficient (Wildman–Crippen LogP) is 5.45. The largest absolute Gasteiger partial charge is 0.508 e. The van der Waals surface area contributed by atoms with Gasteiger partial charge in [0.1, 0.15) is 5.75 Å². The van der Waals surface area contributed by atoms with Gasteiger partial charge in [0.05, 0.1) is 0 Å². The summed E-state index contributed by atoms with van der Waals surface area (Å²) in [4.78, 5) is 0. The lowest BCUT2D eigenvalue weighted by atomic mass is 9.63. The minimum absolute atomic E-state index is 0.199. The molecule has 2 aromatic carbocycles. The van der Waals surface area contributed by atoms with E-state index in [0.717, 1.165) is 16.7 Å². The maximum atomic E-state index is 9.81. The van der Waals surface area contributed by atoms with Crippen LogP contribution in [-0.4, -0.2) is 5.11 Å². The van der Waals surface area contributed by atoms with Crippen LogP contribution in [0.15, 0.2) is 36.4 Å². The molecule has 0 aromatic heterocycles. The SMILES string of the molecule is Cc1ccc(C#Cc2ccc3c(c2)C(C)(C)CCC3(C)C)cc1O. The van der Waals surface area contributed by atoms with E-state index in [2.05, 4.69) is 57.7 Å². The van der Waals surface area contributed by atoms with E-state index in [4.69, 9.17) is 0 Å². The second kappa shape index (κ2) is 5.71. The molecule has 0 saturated carbocycles. The molecular weight excluding hydrogens is 292 g/mol. The third-order valence-electron chi connectivity index (χ3n) is 5.41. The zero-order valence-corrected chi connectivity index (χ0v) is 15.3. The van der Waals surface area contributed by atoms with Gasteiger partial charge in [-0.2, -0.15) is 0 Å². The first kappa shape index (κ1) is 16.7. The summed E-state index contributed by atoms with van der Waals surface area (Å²) in [5.74, 6) is 6.74. The summed E-state index contributed by atoms with van der Waals surface area (Å²) in [5, 5.41) is 9.81. The van der Waals surface area contributed by atoms with Gasteiger partial charge in [-0.25, -0.2) is 0 Å². The van der Waals surface area contributed by atoms with E-state index >= 15 is 0 Å². The Balaban J connectivity index is 2.00. The Morgan fingerprint density at radius 2 is 1.33 bits per heavy atom. The number of phenolic OH excluding ortho intramolecular Hbond substituents is 1. The maximum Gasteiger partial charge on any atom is 0.119 e. The summed E-state index contributed by atoms with van der Waals surface area (Å²) in [5.41, 5.74) is 6.08. The molecule has 2 aromatic rings. The van der Waals surface area contributed by atoms with Crippen LogP contribution in [0.5, 0.6) is 5.75 Å². The van der Waals surface area contributed by atoms with E-state index in [1.807, 2.05) is 19.1 Å². The van der Waals surface area contributed by atoms with Gasteiger partial charge in [-0.15, -0.1) is 0 Å². The first-order valence-electron chi connectivity index (χ1n) is 8.66. The summed E-state index contributed by atoms with van der Waals surface area (Å²) in [6, 6.07) is 12.2. The summed E-state index contributed by atoms with van der Waals surface area (Å²) in [6.07, 6.45) is 2.43. The molecule has 24 heavy (non-hydrogen) atoms. The van der Waals surface area contributed by atoms with Crippen LogP contribution in [0.1, 0.15) is 68.4 Å². The molecule has 0 aliphatic heterocycles. The molecule has 1 aliphatic carbocycles. The quantitative estimate of drug-likeness (QED) is 0.640. The van der Waals surface area contributed by atoms with Crippen LogP contribution in [-0.2, 0) is 10.8 Å². The number of aryl methyl sites for hydroxylation is 1. The molecule has 1 nitrogen and oxygen atoms in total. The fourth-order valence-electron chi connectivity index (χ4n) is 3.50. The van der Waals surface area contributed by atoms with Gasteiger partial charge in [0.25, 0.3) is 0 Å². The summed E-state index contributed by atoms with van der Waals surface area (Å²) in [7, 11) is 0. The van der Waals surface area contributed by atoms with Crippen LogP contribution in [0.4, 0.5) is 0 Å². The number of fused-ring (bicyclic) bond motifs is 1. The Bertz CT molecular complexity index is 844. The van der Waals surface area contributed by atoms with Crippen molar-refractivity contribution in [3.8, 4) is 17.6 Å². The number of hydrogen-bond acceptors (Lipinski definition) is 1. The lowest BCUT2D eigenvalue weighted by molar-refractivity contribution is 0.332. The topological polar surface area (TPSA) is 20.2 Å². The molecule has 0 amide bonds. The third kappa shape index (κ3) is 3.06. The van der Waals surface area contributed by atoms with E-state index in [0.29, 0.717) is 5.75 Å². The van der Waals surface area contributed by atoms with Gasteiger partial charge in [-0.05, 0) is 71.6 Å². The third-order valence-corrected chi connectivity index (χ3v) is 5.41. The van der Waals surface area contributed by atoms with Crippen molar-refractivity contribution in [3.63, 3.8) is 0 Å². The number of hydrogen-bond donors (Lipinski definition) is 1. The van der Waals surface area contributed by atoms with Crippen LogP contribution in [0.2, 0.25) is 0 Å². The normalized spacial score (nSPS) is 17.5. The van der Waals surface area contributed by atoms with Crippen molar-refractivity contribution in [2.75, 3.05) is 0 Å². The smallest absolute Gasteiger partial charge is 0.119 e. The standard InChI is InChI=1S/C23H26O/c1-16-6-7-18(15-21(16)24)9-8-17-10-11-19-20(14-17)23(4,5)13-12-22(19,2)3/h6-7,10-11,14-15,24H,12-13H2,1-5H3. The van der Waals surface area contributed by atoms with E-state index in [-0.39, 0.29) is 10.8 Å². The molecular formula is C23H26O. The number of rotatable bonds is 0. The Hall–Kier alpha value is -2.20. The molecule has 0 fully saturated rings. The number of benzene rings is 2. The summed E-state index contributed by atoms with van der Waals surface area (Å²) in [6.45, 7) is 11.2. The Labute approximate surface area is 145 Å². The minimum atomic E-state index is 0.199. The highest BCUT2D eigenvalue weighted by Gasteiger charge is 2.36. The van der Waals surface area contributed by atoms with Crippen LogP contribution >= 0.6 is 0 Å². The van der Waals surface area contributed by atoms with E-state index in [1.54, 1.807) is 6.07 Å². The molecule has 1 N–H and O–H groups in total. The van der Waals surface area contributed by atoms with Crippen molar-refractivity contribution >= 4 is 0 Å². The highest BCUT2D eigenvalue weighted by atomic mass is 16.3. The summed E-state index contributed by atoms with van der Waals surface area (Å²) < 4.78 is 0. The maximum absolute atomic E-state index is 9.81. The molecule has 3 rings (SSSR count). The number of aromatic hydroxyl groups is 1. The summed E-state index contributed by atoms with van der Waals surface area (Å²) >= 11 is 0. The minimum Gasteiger partial charge on any atom is -0.508 e. The Kier molecular flexibility index (Phi) is 3.96. The zero-order chi connectivity index (χ0) is 17.5. The van der Waals surface area contributed by atoms with Crippen LogP contribution in [0, 0.1) is 18.8 Å². The molecule has 0 spiro atoms. The zero-order valence-electron chi connectivity index (χ0n) is 15.3. The molecule has 0 saturated heterocycles. The lowest BCUT2D eigenvalue weighted by Crippen LogP contribution is -2.33. The molecule has 1 heteroatoms. The molecule has 0 bridgehead atoms. The van der Waals surface area contributed by atoms with Crippen molar-refractivity contribution in [1.82, 2.24) is 0 Å². The van der Waals surface area contributed by atoms with Crippen molar-refractivity contribution in [2.24, 2.45) is 0 Å². The van der Waals surface area contributed by atoms with E-state index < -0.39 is 0 Å². The highest BCUT2D eigenvalue weighted by molar-refractivity contribution is 5.51. The first-order chi connectivity index (χ1) is 11.2. The molecule has 0 radical (unpaired) electrons. The van der Waals surface area contributed by atoms with Crippen molar-refractivity contribution in [3.05, 3.63) is 64.2 Å². The molecule has 0 unspecified atom stereocenters. The molecule has 0 atom stereocenters. The average Bonchev–Trinajstić information content (AvgIpc) is 2.53. The van der Waals surface area contributed by atoms with Gasteiger partial charge < -0.3 is 5.11 Å². The van der Waals surface area contributed by atoms with Gasteiger partial charge in [0.15, 0.2) is 0 Å². The average molecular weight is 318 g/mol. The van der Waals surface area contributed by atoms with Crippen LogP contribution in [0.25, 0.3) is 0 Å². The molecule has 124 valence electrons. The van der Waals surface area contributed by atoms with Gasteiger partial charge in [-0.1, -0.05) is 51.7 Å². The van der Waals surface area contributed by atoms with Crippen LogP contribution in [0.3, 0.4) is 0 Å². The number of phenols is 1. The van der Waals surface area contributed by atoms with Crippen LogP contribution < -0.4 is 0 Å². The van der Waals surface area contributed by atoms with Crippen molar-refractivity contribution < 1.29 is 5.11 Å². The Morgan fingerprint density at radius 1 is 0.792 bits per heavy atom. The van der Waals surface area contributed by atoms with Crippen molar-refractivity contribution in [1.29, 1.82) is 0 Å². The monoisotopic (exact) mass is 318 g/mol. The van der Waals surface area contributed by atoms with Gasteiger partial charge in [0, 0.05) is 11.1 Å². The molecule has 0 heterocycles. The predicted molar refractivity (Wildman–Crippen MR) is 101 cm³/mol. The lowest BCUT2D eigenvalue weighted by Gasteiger charge is -2.41. The van der Waals surface area contributed by atoms with Crippen molar-refractivity contribution in [2.45, 2.75) is 58.3 Å². The Morgan fingerprint density at radius 3 is 1.96 bits per heavy atom. The van der Waals surface area contributed by atoms with E-state index in [1.165, 1.54) is 24.0 Å². The van der Waals surface area contributed by atoms with E-state index in [9.17, 15) is 5.11 Å². The van der Waals surface area contributed by atoms with Gasteiger partial charge in [-0.3, -0.25) is 0 Å². The second-order valence-corrected chi connectivity index (χ2v) is 8.28. The highest BCUT2D eigenvalue weighted by Crippen LogP contribution is 2.45. The van der Waals surface area contributed by atoms with Gasteiger partial charge >= 0.3 is 0 Å². The first-order valence-corrected chi connectivity index (χ1v) is 8.66. The van der Waals surface area contributed by atoms with Gasteiger partial charge in [0.2, 0.25) is 0 Å². The fraction of sp³-hybridized carbons (Fsp3) is 0.391. The second-order valence-electron chi connectivity index (χ2n) is 8.28. The fourth-order valence-corrected chi connectivity index (χ4v) is 3.50.